The number of carbonyl (C=O) groups is 2. The molecule has 12 nitrogen and oxygen atoms in total. The number of ether oxygens (including phenoxy) is 1. The Balaban J connectivity index is 1.27. The molecule has 3 heterocycles. The number of sulfonamides is 1. The minimum absolute atomic E-state index is 0.0188. The summed E-state index contributed by atoms with van der Waals surface area (Å²) in [6.45, 7) is 0.869. The number of amides is 2. The van der Waals surface area contributed by atoms with Crippen molar-refractivity contribution in [2.75, 3.05) is 31.8 Å². The zero-order valence-corrected chi connectivity index (χ0v) is 27.9. The molecule has 2 amide bonds. The third-order valence-corrected chi connectivity index (χ3v) is 9.78. The first-order valence-electron chi connectivity index (χ1n) is 14.6. The molecule has 1 aliphatic heterocycles. The first-order valence-corrected chi connectivity index (χ1v) is 17.3. The van der Waals surface area contributed by atoms with Gasteiger partial charge in [-0.2, -0.15) is 5.10 Å². The van der Waals surface area contributed by atoms with E-state index in [2.05, 4.69) is 20.0 Å². The number of nitrogens with zero attached hydrogens (tertiary/aromatic N) is 4. The number of anilines is 1. The lowest BCUT2D eigenvalue weighted by atomic mass is 9.94. The molecule has 1 atom stereocenters. The van der Waals surface area contributed by atoms with Gasteiger partial charge in [-0.3, -0.25) is 24.0 Å². The molecule has 0 saturated carbocycles. The molecular weight excluding hydrogens is 667 g/mol. The van der Waals surface area contributed by atoms with E-state index < -0.39 is 33.3 Å². The second kappa shape index (κ2) is 12.7. The van der Waals surface area contributed by atoms with Crippen LogP contribution in [0, 0.1) is 5.92 Å². The summed E-state index contributed by atoms with van der Waals surface area (Å²) in [5.41, 5.74) is 4.13. The summed E-state index contributed by atoms with van der Waals surface area (Å²) in [6, 6.07) is 14.0. The lowest BCUT2D eigenvalue weighted by Crippen LogP contribution is -2.55. The van der Waals surface area contributed by atoms with Crippen molar-refractivity contribution < 1.29 is 22.7 Å². The minimum atomic E-state index is -3.61. The highest BCUT2D eigenvalue weighted by atomic mass is 35.5. The molecule has 1 saturated heterocycles. The predicted octanol–water partition coefficient (Wildman–Crippen LogP) is 4.07. The highest BCUT2D eigenvalue weighted by molar-refractivity contribution is 7.89. The highest BCUT2D eigenvalue weighted by Crippen LogP contribution is 2.46. The van der Waals surface area contributed by atoms with Crippen LogP contribution in [0.4, 0.5) is 5.69 Å². The van der Waals surface area contributed by atoms with E-state index >= 15 is 0 Å². The molecule has 4 aromatic rings. The maximum Gasteiger partial charge on any atom is 0.279 e. The Morgan fingerprint density at radius 3 is 2.40 bits per heavy atom. The van der Waals surface area contributed by atoms with Gasteiger partial charge in [0.25, 0.3) is 11.5 Å². The van der Waals surface area contributed by atoms with Crippen LogP contribution in [0.3, 0.4) is 0 Å². The number of likely N-dealkylation sites (tertiary alicyclic amines) is 1. The first-order chi connectivity index (χ1) is 22.4. The fourth-order valence-corrected chi connectivity index (χ4v) is 7.21. The van der Waals surface area contributed by atoms with Crippen molar-refractivity contribution in [2.24, 2.45) is 13.0 Å². The van der Waals surface area contributed by atoms with Crippen LogP contribution in [0.2, 0.25) is 10.0 Å². The number of carbonyl (C=O) groups excluding carboxylic acids is 2. The summed E-state index contributed by atoms with van der Waals surface area (Å²) < 4.78 is 31.8. The Bertz CT molecular complexity index is 2100. The van der Waals surface area contributed by atoms with Crippen molar-refractivity contribution in [1.29, 1.82) is 0 Å². The Hall–Kier alpha value is -4.30. The third-order valence-electron chi connectivity index (χ3n) is 8.39. The molecule has 2 aliphatic rings. The molecule has 15 heteroatoms. The fourth-order valence-electron chi connectivity index (χ4n) is 6.08. The zero-order valence-electron chi connectivity index (χ0n) is 25.6. The van der Waals surface area contributed by atoms with E-state index in [4.69, 9.17) is 32.9 Å². The van der Waals surface area contributed by atoms with Gasteiger partial charge in [0.05, 0.1) is 40.7 Å². The number of nitrogens with one attached hydrogen (secondary N) is 2. The van der Waals surface area contributed by atoms with Gasteiger partial charge >= 0.3 is 0 Å². The number of fused-ring (bicyclic) bond motifs is 1. The normalized spacial score (nSPS) is 16.3. The predicted molar refractivity (Wildman–Crippen MR) is 178 cm³/mol. The van der Waals surface area contributed by atoms with E-state index in [1.54, 1.807) is 25.3 Å². The number of hydrogen-bond acceptors (Lipinski definition) is 9. The van der Waals surface area contributed by atoms with Gasteiger partial charge in [0.1, 0.15) is 5.56 Å². The molecule has 2 N–H and O–H groups in total. The zero-order chi connectivity index (χ0) is 33.6. The van der Waals surface area contributed by atoms with Gasteiger partial charge in [-0.25, -0.2) is 18.1 Å². The Labute approximate surface area is 280 Å². The van der Waals surface area contributed by atoms with Crippen molar-refractivity contribution in [3.63, 3.8) is 0 Å². The summed E-state index contributed by atoms with van der Waals surface area (Å²) in [6.07, 6.45) is 3.89. The molecule has 2 aromatic carbocycles. The molecule has 2 aromatic heterocycles. The van der Waals surface area contributed by atoms with Gasteiger partial charge in [-0.1, -0.05) is 53.5 Å². The summed E-state index contributed by atoms with van der Waals surface area (Å²) in [5, 5.41) is 7.20. The molecule has 1 unspecified atom stereocenters. The molecule has 6 rings (SSSR count). The van der Waals surface area contributed by atoms with Gasteiger partial charge in [0, 0.05) is 54.6 Å². The van der Waals surface area contributed by atoms with Gasteiger partial charge in [-0.05, 0) is 36.6 Å². The maximum absolute atomic E-state index is 12.9. The van der Waals surface area contributed by atoms with Gasteiger partial charge in [0.15, 0.2) is 0 Å². The fraction of sp³-hybridized carbons (Fsp3) is 0.281. The molecular formula is C32H30Cl2N6O6S. The Morgan fingerprint density at radius 2 is 1.70 bits per heavy atom. The SMILES string of the molecule is COc1nc(-c2cccc(-c3cccc(NC(=O)c4ccnn(C)c4=O)c3Cl)c2Cl)cc2c1C(N1CC(C(=O)NS(C)(=O)=O)C1)CC2. The van der Waals surface area contributed by atoms with E-state index in [9.17, 15) is 22.8 Å². The minimum Gasteiger partial charge on any atom is -0.481 e. The average molecular weight is 698 g/mol. The first kappa shape index (κ1) is 32.6. The molecule has 0 bridgehead atoms. The largest absolute Gasteiger partial charge is 0.481 e. The van der Waals surface area contributed by atoms with Crippen LogP contribution in [0.25, 0.3) is 22.4 Å². The van der Waals surface area contributed by atoms with Crippen LogP contribution < -0.4 is 20.3 Å². The molecule has 47 heavy (non-hydrogen) atoms. The van der Waals surface area contributed by atoms with Gasteiger partial charge < -0.3 is 10.1 Å². The van der Waals surface area contributed by atoms with Crippen LogP contribution in [-0.2, 0) is 28.3 Å². The van der Waals surface area contributed by atoms with E-state index in [-0.39, 0.29) is 16.6 Å². The van der Waals surface area contributed by atoms with Crippen molar-refractivity contribution in [2.45, 2.75) is 18.9 Å². The third kappa shape index (κ3) is 6.35. The number of halogens is 2. The lowest BCUT2D eigenvalue weighted by Gasteiger charge is -2.42. The standard InChI is InChI=1S/C32H30Cl2N6O6S/c1-39-32(43)22(12-13-35-39)30(42)36-23-9-5-7-20(28(23)34)19-6-4-8-21(27(19)33)24-14-17-10-11-25(26(17)31(37-24)46-2)40-15-18(16-40)29(41)38-47(3,44)45/h4-9,12-14,18,25H,10-11,15-16H2,1-3H3,(H,36,42)(H,38,41). The van der Waals surface area contributed by atoms with Crippen LogP contribution in [0.5, 0.6) is 5.88 Å². The summed E-state index contributed by atoms with van der Waals surface area (Å²) in [7, 11) is -0.601. The topological polar surface area (TPSA) is 153 Å². The number of rotatable bonds is 8. The van der Waals surface area contributed by atoms with Crippen molar-refractivity contribution in [3.8, 4) is 28.3 Å². The number of methoxy groups -OCH3 is 1. The van der Waals surface area contributed by atoms with E-state index in [1.165, 1.54) is 19.3 Å². The van der Waals surface area contributed by atoms with Crippen LogP contribution in [0.1, 0.15) is 33.9 Å². The quantitative estimate of drug-likeness (QED) is 0.278. The number of aromatic nitrogens is 3. The summed E-state index contributed by atoms with van der Waals surface area (Å²) in [5.74, 6) is -1.07. The number of benzene rings is 2. The monoisotopic (exact) mass is 696 g/mol. The van der Waals surface area contributed by atoms with Crippen molar-refractivity contribution >= 4 is 50.7 Å². The molecule has 0 spiro atoms. The van der Waals surface area contributed by atoms with Gasteiger partial charge in [0.2, 0.25) is 21.8 Å². The molecule has 244 valence electrons. The smallest absolute Gasteiger partial charge is 0.279 e. The van der Waals surface area contributed by atoms with E-state index in [1.807, 2.05) is 24.3 Å². The van der Waals surface area contributed by atoms with Crippen LogP contribution in [0.15, 0.2) is 59.5 Å². The van der Waals surface area contributed by atoms with E-state index in [0.29, 0.717) is 52.1 Å². The van der Waals surface area contributed by atoms with Crippen molar-refractivity contribution in [1.82, 2.24) is 24.4 Å². The van der Waals surface area contributed by atoms with Crippen LogP contribution >= 0.6 is 23.2 Å². The second-order valence-electron chi connectivity index (χ2n) is 11.5. The molecule has 1 fully saturated rings. The van der Waals surface area contributed by atoms with E-state index in [0.717, 1.165) is 34.9 Å². The Kier molecular flexibility index (Phi) is 8.83. The number of pyridine rings is 1. The Morgan fingerprint density at radius 1 is 1.02 bits per heavy atom. The van der Waals surface area contributed by atoms with Gasteiger partial charge in [-0.15, -0.1) is 0 Å². The second-order valence-corrected chi connectivity index (χ2v) is 14.0. The molecule has 0 radical (unpaired) electrons. The maximum atomic E-state index is 12.9. The number of hydrogen-bond donors (Lipinski definition) is 2. The average Bonchev–Trinajstić information content (AvgIpc) is 3.41. The summed E-state index contributed by atoms with van der Waals surface area (Å²) >= 11 is 13.8. The van der Waals surface area contributed by atoms with Crippen LogP contribution in [-0.4, -0.2) is 66.4 Å². The van der Waals surface area contributed by atoms with Crippen molar-refractivity contribution in [3.05, 3.63) is 91.8 Å². The molecule has 1 aliphatic carbocycles. The summed E-state index contributed by atoms with van der Waals surface area (Å²) in [4.78, 5) is 44.6. The highest BCUT2D eigenvalue weighted by Gasteiger charge is 2.42. The number of aryl methyl sites for hydroxylation is 2. The lowest BCUT2D eigenvalue weighted by molar-refractivity contribution is -0.129.